The van der Waals surface area contributed by atoms with Gasteiger partial charge in [0.05, 0.1) is 24.6 Å². The molecule has 0 saturated carbocycles. The second-order valence-electron chi connectivity index (χ2n) is 9.26. The van der Waals surface area contributed by atoms with Gasteiger partial charge in [0.1, 0.15) is 28.8 Å². The second-order valence-corrected chi connectivity index (χ2v) is 9.59. The minimum absolute atomic E-state index is 0.0543. The number of hydrogen-bond acceptors (Lipinski definition) is 7. The zero-order valence-electron chi connectivity index (χ0n) is 19.5. The van der Waals surface area contributed by atoms with Crippen molar-refractivity contribution in [2.24, 2.45) is 0 Å². The van der Waals surface area contributed by atoms with Crippen LogP contribution in [-0.4, -0.2) is 49.5 Å². The normalized spacial score (nSPS) is 16.8. The zero-order valence-corrected chi connectivity index (χ0v) is 20.3. The number of hydrogen-bond donors (Lipinski definition) is 0. The van der Waals surface area contributed by atoms with Gasteiger partial charge in [0.15, 0.2) is 5.65 Å². The van der Waals surface area contributed by atoms with Gasteiger partial charge in [-0.1, -0.05) is 0 Å². The van der Waals surface area contributed by atoms with Crippen molar-refractivity contribution in [1.29, 1.82) is 0 Å². The van der Waals surface area contributed by atoms with Crippen LogP contribution in [-0.2, 0) is 9.47 Å². The van der Waals surface area contributed by atoms with Crippen LogP contribution in [0, 0.1) is 0 Å². The highest BCUT2D eigenvalue weighted by atomic mass is 35.5. The molecule has 1 atom stereocenters. The Hall–Kier alpha value is -3.17. The molecule has 5 rings (SSSR count). The summed E-state index contributed by atoms with van der Waals surface area (Å²) < 4.78 is 20.4. The van der Waals surface area contributed by atoms with E-state index < -0.39 is 11.7 Å². The zero-order chi connectivity index (χ0) is 24.0. The number of ether oxygens (including phenoxy) is 3. The van der Waals surface area contributed by atoms with Crippen LogP contribution < -0.4 is 4.74 Å². The van der Waals surface area contributed by atoms with Crippen molar-refractivity contribution in [1.82, 2.24) is 24.1 Å². The van der Waals surface area contributed by atoms with E-state index in [1.165, 1.54) is 4.57 Å². The van der Waals surface area contributed by atoms with Gasteiger partial charge in [0, 0.05) is 12.0 Å². The Kier molecular flexibility index (Phi) is 5.69. The number of nitrogens with zero attached hydrogens (tertiary/aromatic N) is 5. The van der Waals surface area contributed by atoms with Crippen molar-refractivity contribution in [3.8, 4) is 17.1 Å². The van der Waals surface area contributed by atoms with Crippen molar-refractivity contribution >= 4 is 39.8 Å². The third-order valence-electron chi connectivity index (χ3n) is 5.69. The molecule has 1 aliphatic rings. The molecule has 34 heavy (non-hydrogen) atoms. The molecular formula is C24H26ClN5O4. The Labute approximate surface area is 201 Å². The minimum Gasteiger partial charge on any atom is -0.497 e. The summed E-state index contributed by atoms with van der Waals surface area (Å²) >= 11 is 6.38. The fraction of sp³-hybridized carbons (Fsp3) is 0.417. The highest BCUT2D eigenvalue weighted by Crippen LogP contribution is 2.35. The van der Waals surface area contributed by atoms with Gasteiger partial charge >= 0.3 is 6.09 Å². The predicted octanol–water partition coefficient (Wildman–Crippen LogP) is 5.59. The van der Waals surface area contributed by atoms with E-state index in [4.69, 9.17) is 25.8 Å². The van der Waals surface area contributed by atoms with Crippen LogP contribution in [0.15, 0.2) is 30.6 Å². The average molecular weight is 484 g/mol. The molecule has 4 heterocycles. The minimum atomic E-state index is -0.685. The van der Waals surface area contributed by atoms with Crippen molar-refractivity contribution in [3.63, 3.8) is 0 Å². The average Bonchev–Trinajstić information content (AvgIpc) is 3.39. The number of rotatable bonds is 3. The summed E-state index contributed by atoms with van der Waals surface area (Å²) in [7, 11) is 1.60. The first-order valence-corrected chi connectivity index (χ1v) is 11.6. The maximum Gasteiger partial charge on any atom is 0.419 e. The first-order chi connectivity index (χ1) is 16.2. The number of fused-ring (bicyclic) bond motifs is 2. The first kappa shape index (κ1) is 22.6. The van der Waals surface area contributed by atoms with E-state index in [0.29, 0.717) is 40.4 Å². The van der Waals surface area contributed by atoms with E-state index in [0.717, 1.165) is 24.6 Å². The topological polar surface area (TPSA) is 93.3 Å². The summed E-state index contributed by atoms with van der Waals surface area (Å²) in [6.07, 6.45) is 3.95. The maximum absolute atomic E-state index is 13.3. The molecule has 1 aliphatic heterocycles. The number of imidazole rings is 1. The van der Waals surface area contributed by atoms with Gasteiger partial charge in [-0.05, 0) is 75.9 Å². The van der Waals surface area contributed by atoms with E-state index in [2.05, 4.69) is 15.0 Å². The highest BCUT2D eigenvalue weighted by Gasteiger charge is 2.27. The molecule has 1 aromatic carbocycles. The van der Waals surface area contributed by atoms with Gasteiger partial charge in [0.2, 0.25) is 5.28 Å². The van der Waals surface area contributed by atoms with Crippen LogP contribution >= 0.6 is 11.6 Å². The summed E-state index contributed by atoms with van der Waals surface area (Å²) in [4.78, 5) is 26.9. The van der Waals surface area contributed by atoms with Crippen molar-refractivity contribution in [3.05, 3.63) is 35.9 Å². The molecule has 9 nitrogen and oxygen atoms in total. The van der Waals surface area contributed by atoms with Crippen molar-refractivity contribution in [2.75, 3.05) is 13.7 Å². The molecule has 0 N–H and O–H groups in total. The van der Waals surface area contributed by atoms with Crippen LogP contribution in [0.1, 0.15) is 46.3 Å². The molecule has 178 valence electrons. The molecule has 0 amide bonds. The lowest BCUT2D eigenvalue weighted by Gasteiger charge is -2.23. The standard InChI is InChI=1S/C24H26ClN5O4/c1-24(2,3)34-23(31)30-16-9-8-15(32-4)11-14(16)12-17(30)19-20-21(28-22(25)27-19)29(13-26-20)18-7-5-6-10-33-18/h8-9,11-13,18H,5-7,10H2,1-4H3. The molecule has 1 fully saturated rings. The first-order valence-electron chi connectivity index (χ1n) is 11.2. The molecule has 0 radical (unpaired) electrons. The number of carbonyl (C=O) groups is 1. The third-order valence-corrected chi connectivity index (χ3v) is 5.86. The van der Waals surface area contributed by atoms with Crippen molar-refractivity contribution in [2.45, 2.75) is 51.9 Å². The monoisotopic (exact) mass is 483 g/mol. The quantitative estimate of drug-likeness (QED) is 0.350. The van der Waals surface area contributed by atoms with Crippen LogP contribution in [0.25, 0.3) is 33.5 Å². The largest absolute Gasteiger partial charge is 0.497 e. The Bertz CT molecular complexity index is 1380. The summed E-state index contributed by atoms with van der Waals surface area (Å²) in [5.41, 5.74) is 1.99. The number of benzene rings is 1. The third kappa shape index (κ3) is 4.10. The van der Waals surface area contributed by atoms with E-state index in [-0.39, 0.29) is 11.5 Å². The molecule has 1 saturated heterocycles. The summed E-state index contributed by atoms with van der Waals surface area (Å²) in [6, 6.07) is 7.32. The SMILES string of the molecule is COc1ccc2c(c1)cc(-c1nc(Cl)nc3c1ncn3C1CCCCO1)n2C(=O)OC(C)(C)C. The molecule has 0 bridgehead atoms. The Morgan fingerprint density at radius 1 is 1.21 bits per heavy atom. The van der Waals surface area contributed by atoms with Gasteiger partial charge in [-0.3, -0.25) is 4.57 Å². The van der Waals surface area contributed by atoms with E-state index in [1.54, 1.807) is 19.5 Å². The number of aromatic nitrogens is 5. The highest BCUT2D eigenvalue weighted by molar-refractivity contribution is 6.28. The van der Waals surface area contributed by atoms with E-state index >= 15 is 0 Å². The molecule has 4 aromatic rings. The van der Waals surface area contributed by atoms with Crippen LogP contribution in [0.2, 0.25) is 5.28 Å². The molecule has 3 aromatic heterocycles. The van der Waals surface area contributed by atoms with Crippen LogP contribution in [0.5, 0.6) is 5.75 Å². The molecule has 0 spiro atoms. The lowest BCUT2D eigenvalue weighted by molar-refractivity contribution is -0.0298. The lowest BCUT2D eigenvalue weighted by Crippen LogP contribution is -2.27. The molecule has 1 unspecified atom stereocenters. The molecular weight excluding hydrogens is 458 g/mol. The van der Waals surface area contributed by atoms with Crippen LogP contribution in [0.4, 0.5) is 4.79 Å². The fourth-order valence-corrected chi connectivity index (χ4v) is 4.39. The van der Waals surface area contributed by atoms with Gasteiger partial charge in [0.25, 0.3) is 0 Å². The van der Waals surface area contributed by atoms with Crippen molar-refractivity contribution < 1.29 is 19.0 Å². The number of methoxy groups -OCH3 is 1. The Morgan fingerprint density at radius 2 is 2.03 bits per heavy atom. The smallest absolute Gasteiger partial charge is 0.419 e. The number of carbonyl (C=O) groups excluding carboxylic acids is 1. The summed E-state index contributed by atoms with van der Waals surface area (Å²) in [6.45, 7) is 6.16. The molecule has 0 aliphatic carbocycles. The van der Waals surface area contributed by atoms with E-state index in [9.17, 15) is 4.79 Å². The lowest BCUT2D eigenvalue weighted by atomic mass is 10.2. The summed E-state index contributed by atoms with van der Waals surface area (Å²) in [5.74, 6) is 0.671. The fourth-order valence-electron chi connectivity index (χ4n) is 4.22. The van der Waals surface area contributed by atoms with Crippen LogP contribution in [0.3, 0.4) is 0 Å². The molecule has 10 heteroatoms. The van der Waals surface area contributed by atoms with Gasteiger partial charge in [-0.2, -0.15) is 4.98 Å². The van der Waals surface area contributed by atoms with Gasteiger partial charge in [-0.15, -0.1) is 0 Å². The van der Waals surface area contributed by atoms with Gasteiger partial charge in [-0.25, -0.2) is 19.3 Å². The predicted molar refractivity (Wildman–Crippen MR) is 128 cm³/mol. The van der Waals surface area contributed by atoms with E-state index in [1.807, 2.05) is 43.5 Å². The summed E-state index contributed by atoms with van der Waals surface area (Å²) in [5, 5.41) is 0.844. The number of halogens is 1. The Morgan fingerprint density at radius 3 is 2.74 bits per heavy atom. The second kappa shape index (κ2) is 8.56. The maximum atomic E-state index is 13.3. The Balaban J connectivity index is 1.73. The van der Waals surface area contributed by atoms with Gasteiger partial charge < -0.3 is 14.2 Å².